The molecule has 1 saturated heterocycles. The molecule has 0 saturated carbocycles. The summed E-state index contributed by atoms with van der Waals surface area (Å²) in [6, 6.07) is 0.836. The molecular formula is C28H45BN2O7. The molecule has 212 valence electrons. The molecule has 1 heterocycles. The molecule has 38 heavy (non-hydrogen) atoms. The van der Waals surface area contributed by atoms with Crippen molar-refractivity contribution in [3.05, 3.63) is 22.8 Å². The van der Waals surface area contributed by atoms with Crippen LogP contribution in [0.15, 0.2) is 6.07 Å². The maximum atomic E-state index is 13.3. The fraction of sp³-hybridized carbons (Fsp3) is 0.714. The van der Waals surface area contributed by atoms with Crippen molar-refractivity contribution >= 4 is 18.9 Å². The first kappa shape index (κ1) is 30.2. The topological polar surface area (TPSA) is 115 Å². The maximum absolute atomic E-state index is 13.3. The van der Waals surface area contributed by atoms with E-state index in [4.69, 9.17) is 18.8 Å². The second-order valence-electron chi connectivity index (χ2n) is 11.9. The van der Waals surface area contributed by atoms with E-state index in [0.29, 0.717) is 25.7 Å². The number of rotatable bonds is 10. The van der Waals surface area contributed by atoms with E-state index in [1.807, 2.05) is 40.7 Å². The molecule has 1 unspecified atom stereocenters. The lowest BCUT2D eigenvalue weighted by atomic mass is 9.74. The summed E-state index contributed by atoms with van der Waals surface area (Å²) < 4.78 is 23.6. The van der Waals surface area contributed by atoms with E-state index in [1.165, 1.54) is 0 Å². The molecule has 2 aliphatic rings. The van der Waals surface area contributed by atoms with E-state index in [-0.39, 0.29) is 17.7 Å². The second kappa shape index (κ2) is 11.8. The van der Waals surface area contributed by atoms with Crippen molar-refractivity contribution in [3.8, 4) is 11.5 Å². The smallest absolute Gasteiger partial charge is 0.481 e. The zero-order valence-corrected chi connectivity index (χ0v) is 24.4. The minimum Gasteiger partial charge on any atom is -0.496 e. The predicted octanol–water partition coefficient (Wildman–Crippen LogP) is 2.76. The Morgan fingerprint density at radius 1 is 1.11 bits per heavy atom. The largest absolute Gasteiger partial charge is 0.496 e. The van der Waals surface area contributed by atoms with E-state index in [1.54, 1.807) is 14.2 Å². The first-order valence-electron chi connectivity index (χ1n) is 13.5. The first-order valence-corrected chi connectivity index (χ1v) is 13.5. The third kappa shape index (κ3) is 6.29. The highest BCUT2D eigenvalue weighted by molar-refractivity contribution is 6.48. The fourth-order valence-corrected chi connectivity index (χ4v) is 5.28. The van der Waals surface area contributed by atoms with Gasteiger partial charge in [-0.2, -0.15) is 0 Å². The van der Waals surface area contributed by atoms with Crippen molar-refractivity contribution in [2.45, 2.75) is 97.3 Å². The Hall–Kier alpha value is -2.30. The Morgan fingerprint density at radius 2 is 1.74 bits per heavy atom. The number of ether oxygens (including phenoxy) is 2. The molecule has 3 N–H and O–H groups in total. The Labute approximate surface area is 227 Å². The van der Waals surface area contributed by atoms with Crippen LogP contribution in [0.3, 0.4) is 0 Å². The standard InChI is InChI=1S/C28H45BN2O7/c1-16(2)12-23(29-37-27(4,5)28(6,7)38-29)31-26(34)21(15-32)30-25(33)18-10-11-19-20(14-18)22(35-8)13-17(3)24(19)36-9/h13,16,18,21,23,32H,10-12,14-15H2,1-9H3,(H,30,33)(H,31,34)/t18?,21-,23-/m0/s1. The summed E-state index contributed by atoms with van der Waals surface area (Å²) in [6.07, 6.45) is 2.34. The summed E-state index contributed by atoms with van der Waals surface area (Å²) in [7, 11) is 2.63. The summed E-state index contributed by atoms with van der Waals surface area (Å²) in [5.41, 5.74) is 1.91. The molecule has 2 amide bonds. The van der Waals surface area contributed by atoms with Crippen LogP contribution in [0.1, 0.15) is 71.1 Å². The van der Waals surface area contributed by atoms with Gasteiger partial charge in [0.1, 0.15) is 17.5 Å². The molecular weight excluding hydrogens is 487 g/mol. The van der Waals surface area contributed by atoms with Gasteiger partial charge in [-0.15, -0.1) is 0 Å². The number of hydrogen-bond donors (Lipinski definition) is 3. The number of carbonyl (C=O) groups excluding carboxylic acids is 2. The van der Waals surface area contributed by atoms with E-state index < -0.39 is 42.8 Å². The van der Waals surface area contributed by atoms with E-state index >= 15 is 0 Å². The third-order valence-electron chi connectivity index (χ3n) is 8.10. The number of nitrogens with one attached hydrogen (secondary N) is 2. The quantitative estimate of drug-likeness (QED) is 0.397. The van der Waals surface area contributed by atoms with Gasteiger partial charge < -0.3 is 34.5 Å². The average Bonchev–Trinajstić information content (AvgIpc) is 3.07. The molecule has 1 aliphatic carbocycles. The summed E-state index contributed by atoms with van der Waals surface area (Å²) in [5.74, 6) is 0.280. The van der Waals surface area contributed by atoms with Gasteiger partial charge in [0.25, 0.3) is 0 Å². The maximum Gasteiger partial charge on any atom is 0.481 e. The van der Waals surface area contributed by atoms with Gasteiger partial charge in [0.15, 0.2) is 0 Å². The minimum atomic E-state index is -1.09. The Bertz CT molecular complexity index is 1010. The molecule has 1 aromatic rings. The first-order chi connectivity index (χ1) is 17.7. The van der Waals surface area contributed by atoms with Crippen LogP contribution in [0.4, 0.5) is 0 Å². The van der Waals surface area contributed by atoms with Crippen LogP contribution < -0.4 is 20.1 Å². The Kier molecular flexibility index (Phi) is 9.43. The molecule has 3 atom stereocenters. The summed E-state index contributed by atoms with van der Waals surface area (Å²) >= 11 is 0. The van der Waals surface area contributed by atoms with Crippen LogP contribution in [0.5, 0.6) is 11.5 Å². The molecule has 3 rings (SSSR count). The number of hydrogen-bond acceptors (Lipinski definition) is 7. The number of aliphatic hydroxyl groups excluding tert-OH is 1. The highest BCUT2D eigenvalue weighted by Gasteiger charge is 2.54. The third-order valence-corrected chi connectivity index (χ3v) is 8.10. The van der Waals surface area contributed by atoms with Gasteiger partial charge in [-0.1, -0.05) is 13.8 Å². The zero-order chi connectivity index (χ0) is 28.4. The normalized spacial score (nSPS) is 21.4. The minimum absolute atomic E-state index is 0.263. The van der Waals surface area contributed by atoms with Crippen LogP contribution >= 0.6 is 0 Å². The average molecular weight is 532 g/mol. The van der Waals surface area contributed by atoms with Gasteiger partial charge in [-0.3, -0.25) is 9.59 Å². The van der Waals surface area contributed by atoms with Gasteiger partial charge in [0, 0.05) is 17.0 Å². The van der Waals surface area contributed by atoms with Crippen LogP contribution in [0, 0.1) is 18.8 Å². The molecule has 1 aliphatic heterocycles. The number of carbonyl (C=O) groups is 2. The van der Waals surface area contributed by atoms with Crippen LogP contribution in [-0.4, -0.2) is 68.1 Å². The molecule has 0 spiro atoms. The fourth-order valence-electron chi connectivity index (χ4n) is 5.28. The van der Waals surface area contributed by atoms with Gasteiger partial charge in [-0.05, 0) is 77.8 Å². The van der Waals surface area contributed by atoms with Crippen molar-refractivity contribution < 1.29 is 33.5 Å². The van der Waals surface area contributed by atoms with Crippen molar-refractivity contribution in [2.75, 3.05) is 20.8 Å². The van der Waals surface area contributed by atoms with E-state index in [0.717, 1.165) is 28.2 Å². The van der Waals surface area contributed by atoms with Crippen molar-refractivity contribution in [2.24, 2.45) is 11.8 Å². The SMILES string of the molecule is COc1cc(C)c(OC)c2c1CC(C(=O)N[C@@H](CO)C(=O)N[C@@H](CC(C)C)B1OC(C)(C)C(C)(C)O1)CC2. The molecule has 10 heteroatoms. The van der Waals surface area contributed by atoms with Crippen LogP contribution in [0.2, 0.25) is 0 Å². The molecule has 0 radical (unpaired) electrons. The highest BCUT2D eigenvalue weighted by atomic mass is 16.7. The number of aryl methyl sites for hydroxylation is 1. The molecule has 0 aromatic heterocycles. The van der Waals surface area contributed by atoms with Crippen LogP contribution in [0.25, 0.3) is 0 Å². The van der Waals surface area contributed by atoms with Crippen LogP contribution in [-0.2, 0) is 31.7 Å². The summed E-state index contributed by atoms with van der Waals surface area (Å²) in [4.78, 5) is 26.5. The predicted molar refractivity (Wildman–Crippen MR) is 146 cm³/mol. The lowest BCUT2D eigenvalue weighted by molar-refractivity contribution is -0.132. The Balaban J connectivity index is 1.71. The number of fused-ring (bicyclic) bond motifs is 1. The highest BCUT2D eigenvalue weighted by Crippen LogP contribution is 2.41. The lowest BCUT2D eigenvalue weighted by Gasteiger charge is -2.32. The van der Waals surface area contributed by atoms with Crippen molar-refractivity contribution in [1.29, 1.82) is 0 Å². The van der Waals surface area contributed by atoms with Gasteiger partial charge in [-0.25, -0.2) is 0 Å². The molecule has 0 bridgehead atoms. The number of methoxy groups -OCH3 is 2. The van der Waals surface area contributed by atoms with E-state index in [9.17, 15) is 14.7 Å². The van der Waals surface area contributed by atoms with Gasteiger partial charge >= 0.3 is 7.12 Å². The Morgan fingerprint density at radius 3 is 2.26 bits per heavy atom. The van der Waals surface area contributed by atoms with E-state index in [2.05, 4.69) is 24.5 Å². The summed E-state index contributed by atoms with van der Waals surface area (Å²) in [5, 5.41) is 15.8. The monoisotopic (exact) mass is 532 g/mol. The second-order valence-corrected chi connectivity index (χ2v) is 11.9. The van der Waals surface area contributed by atoms with Gasteiger partial charge in [0.2, 0.25) is 11.8 Å². The zero-order valence-electron chi connectivity index (χ0n) is 24.4. The van der Waals surface area contributed by atoms with Gasteiger partial charge in [0.05, 0.1) is 38.0 Å². The molecule has 9 nitrogen and oxygen atoms in total. The molecule has 1 fully saturated rings. The summed E-state index contributed by atoms with van der Waals surface area (Å²) in [6.45, 7) is 13.4. The lowest BCUT2D eigenvalue weighted by Crippen LogP contribution is -2.56. The number of amides is 2. The molecule has 1 aromatic carbocycles. The van der Waals surface area contributed by atoms with Crippen molar-refractivity contribution in [1.82, 2.24) is 10.6 Å². The van der Waals surface area contributed by atoms with Crippen molar-refractivity contribution in [3.63, 3.8) is 0 Å². The number of benzene rings is 1. The number of aliphatic hydroxyl groups is 1.